The summed E-state index contributed by atoms with van der Waals surface area (Å²) in [4.78, 5) is 8.38. The molecule has 0 aliphatic heterocycles. The molecule has 2 nitrogen and oxygen atoms in total. The summed E-state index contributed by atoms with van der Waals surface area (Å²) in [7, 11) is 0. The fraction of sp³-hybridized carbons (Fsp3) is 0.154. The van der Waals surface area contributed by atoms with E-state index in [-0.39, 0.29) is 0 Å². The third-order valence-electron chi connectivity index (χ3n) is 2.37. The number of pyridine rings is 2. The average Bonchev–Trinajstić information content (AvgIpc) is 2.31. The average molecular weight is 197 g/mol. The molecule has 0 unspecified atom stereocenters. The molecule has 2 rings (SSSR count). The van der Waals surface area contributed by atoms with Crippen molar-refractivity contribution in [3.63, 3.8) is 0 Å². The molecule has 2 aromatic rings. The van der Waals surface area contributed by atoms with Gasteiger partial charge < -0.3 is 0 Å². The Labute approximate surface area is 90.0 Å². The van der Waals surface area contributed by atoms with Gasteiger partial charge in [0.2, 0.25) is 0 Å². The van der Waals surface area contributed by atoms with Crippen LogP contribution in [-0.2, 0) is 12.8 Å². The highest BCUT2D eigenvalue weighted by Gasteiger charge is 2.02. The molecule has 2 heterocycles. The van der Waals surface area contributed by atoms with Gasteiger partial charge in [0.15, 0.2) is 0 Å². The smallest absolute Gasteiger partial charge is 0.0479 e. The van der Waals surface area contributed by atoms with E-state index in [1.54, 1.807) is 0 Å². The van der Waals surface area contributed by atoms with Gasteiger partial charge in [-0.15, -0.1) is 0 Å². The third kappa shape index (κ3) is 2.40. The first-order valence-corrected chi connectivity index (χ1v) is 5.01. The highest BCUT2D eigenvalue weighted by molar-refractivity contribution is 5.26. The van der Waals surface area contributed by atoms with Gasteiger partial charge in [-0.05, 0) is 42.7 Å². The lowest BCUT2D eigenvalue weighted by Crippen LogP contribution is -1.97. The maximum absolute atomic E-state index is 4.38. The van der Waals surface area contributed by atoms with Gasteiger partial charge in [0, 0.05) is 30.7 Å². The highest BCUT2D eigenvalue weighted by Crippen LogP contribution is 2.11. The summed E-state index contributed by atoms with van der Waals surface area (Å²) >= 11 is 0. The molecule has 0 fully saturated rings. The Kier molecular flexibility index (Phi) is 3.08. The monoisotopic (exact) mass is 197 g/mol. The molecule has 0 aliphatic carbocycles. The Morgan fingerprint density at radius 3 is 2.60 bits per heavy atom. The van der Waals surface area contributed by atoms with Crippen molar-refractivity contribution < 1.29 is 0 Å². The molecule has 0 spiro atoms. The number of hydrogen-bond acceptors (Lipinski definition) is 2. The molecule has 15 heavy (non-hydrogen) atoms. The maximum atomic E-state index is 4.38. The van der Waals surface area contributed by atoms with Gasteiger partial charge in [0.1, 0.15) is 0 Å². The van der Waals surface area contributed by atoms with Crippen molar-refractivity contribution in [3.05, 3.63) is 66.6 Å². The molecule has 0 saturated carbocycles. The van der Waals surface area contributed by atoms with Crippen LogP contribution in [0.25, 0.3) is 0 Å². The lowest BCUT2D eigenvalue weighted by Gasteiger charge is -2.05. The maximum Gasteiger partial charge on any atom is 0.0479 e. The van der Waals surface area contributed by atoms with Gasteiger partial charge in [-0.3, -0.25) is 9.97 Å². The second-order valence-corrected chi connectivity index (χ2v) is 3.39. The Morgan fingerprint density at radius 1 is 1.07 bits per heavy atom. The van der Waals surface area contributed by atoms with Gasteiger partial charge in [0.25, 0.3) is 0 Å². The predicted octanol–water partition coefficient (Wildman–Crippen LogP) is 2.44. The first kappa shape index (κ1) is 9.84. The quantitative estimate of drug-likeness (QED) is 0.755. The minimum atomic E-state index is 0.786. The van der Waals surface area contributed by atoms with Crippen molar-refractivity contribution in [2.24, 2.45) is 0 Å². The second kappa shape index (κ2) is 4.69. The first-order chi connectivity index (χ1) is 7.40. The van der Waals surface area contributed by atoms with Gasteiger partial charge in [-0.1, -0.05) is 6.07 Å². The standard InChI is InChI=1S/C13H13N2/c1-2-12-4-3-7-15-13(12)10-11-5-8-14-9-6-11/h3-9H,1-2,10H2. The molecular formula is C13H13N2. The van der Waals surface area contributed by atoms with E-state index in [0.29, 0.717) is 0 Å². The fourth-order valence-corrected chi connectivity index (χ4v) is 1.55. The van der Waals surface area contributed by atoms with E-state index in [1.165, 1.54) is 11.1 Å². The van der Waals surface area contributed by atoms with E-state index in [0.717, 1.165) is 18.5 Å². The molecule has 0 bridgehead atoms. The van der Waals surface area contributed by atoms with Crippen LogP contribution >= 0.6 is 0 Å². The van der Waals surface area contributed by atoms with Crippen LogP contribution in [0.2, 0.25) is 0 Å². The lowest BCUT2D eigenvalue weighted by atomic mass is 10.0. The van der Waals surface area contributed by atoms with E-state index in [2.05, 4.69) is 23.0 Å². The van der Waals surface area contributed by atoms with Crippen molar-refractivity contribution in [2.75, 3.05) is 0 Å². The Hall–Kier alpha value is -1.70. The van der Waals surface area contributed by atoms with Crippen LogP contribution in [0.5, 0.6) is 0 Å². The number of hydrogen-bond donors (Lipinski definition) is 0. The second-order valence-electron chi connectivity index (χ2n) is 3.39. The van der Waals surface area contributed by atoms with E-state index < -0.39 is 0 Å². The fourth-order valence-electron chi connectivity index (χ4n) is 1.55. The van der Waals surface area contributed by atoms with Gasteiger partial charge in [0.05, 0.1) is 0 Å². The van der Waals surface area contributed by atoms with Gasteiger partial charge >= 0.3 is 0 Å². The summed E-state index contributed by atoms with van der Waals surface area (Å²) in [5.41, 5.74) is 3.56. The normalized spacial score (nSPS) is 10.2. The van der Waals surface area contributed by atoms with Crippen LogP contribution in [0.1, 0.15) is 16.8 Å². The van der Waals surface area contributed by atoms with E-state index in [4.69, 9.17) is 0 Å². The topological polar surface area (TPSA) is 25.8 Å². The van der Waals surface area contributed by atoms with E-state index in [9.17, 15) is 0 Å². The Bertz CT molecular complexity index is 424. The molecule has 2 aromatic heterocycles. The zero-order valence-electron chi connectivity index (χ0n) is 8.56. The summed E-state index contributed by atoms with van der Waals surface area (Å²) in [6, 6.07) is 8.07. The summed E-state index contributed by atoms with van der Waals surface area (Å²) in [6.07, 6.45) is 7.09. The minimum absolute atomic E-state index is 0.786. The molecule has 0 saturated heterocycles. The van der Waals surface area contributed by atoms with E-state index >= 15 is 0 Å². The first-order valence-electron chi connectivity index (χ1n) is 5.01. The van der Waals surface area contributed by atoms with Crippen molar-refractivity contribution in [2.45, 2.75) is 12.8 Å². The largest absolute Gasteiger partial charge is 0.265 e. The lowest BCUT2D eigenvalue weighted by molar-refractivity contribution is 1.01. The summed E-state index contributed by atoms with van der Waals surface area (Å²) in [5.74, 6) is 0. The van der Waals surface area contributed by atoms with Crippen molar-refractivity contribution in [1.82, 2.24) is 9.97 Å². The molecule has 0 aliphatic rings. The molecular weight excluding hydrogens is 184 g/mol. The van der Waals surface area contributed by atoms with Crippen LogP contribution in [0.15, 0.2) is 42.9 Å². The molecule has 0 amide bonds. The summed E-state index contributed by atoms with van der Waals surface area (Å²) < 4.78 is 0. The van der Waals surface area contributed by atoms with Crippen LogP contribution < -0.4 is 0 Å². The van der Waals surface area contributed by atoms with Crippen molar-refractivity contribution in [1.29, 1.82) is 0 Å². The Morgan fingerprint density at radius 2 is 1.87 bits per heavy atom. The molecule has 1 radical (unpaired) electrons. The zero-order chi connectivity index (χ0) is 10.5. The number of aromatic nitrogens is 2. The number of rotatable bonds is 3. The predicted molar refractivity (Wildman–Crippen MR) is 60.3 cm³/mol. The molecule has 0 aromatic carbocycles. The van der Waals surface area contributed by atoms with Gasteiger partial charge in [-0.25, -0.2) is 0 Å². The minimum Gasteiger partial charge on any atom is -0.265 e. The third-order valence-corrected chi connectivity index (χ3v) is 2.37. The molecule has 2 heteroatoms. The van der Waals surface area contributed by atoms with Crippen molar-refractivity contribution >= 4 is 0 Å². The summed E-state index contributed by atoms with van der Waals surface area (Å²) in [6.45, 7) is 3.91. The molecule has 0 atom stereocenters. The van der Waals surface area contributed by atoms with Crippen LogP contribution in [0.3, 0.4) is 0 Å². The van der Waals surface area contributed by atoms with E-state index in [1.807, 2.05) is 36.8 Å². The van der Waals surface area contributed by atoms with Crippen LogP contribution in [-0.4, -0.2) is 9.97 Å². The SMILES string of the molecule is [CH2]Cc1cccnc1Cc1ccncc1. The zero-order valence-corrected chi connectivity index (χ0v) is 8.56. The molecule has 0 N–H and O–H groups in total. The molecule has 75 valence electrons. The van der Waals surface area contributed by atoms with Crippen LogP contribution in [0, 0.1) is 6.92 Å². The highest BCUT2D eigenvalue weighted by atomic mass is 14.7. The van der Waals surface area contributed by atoms with Crippen LogP contribution in [0.4, 0.5) is 0 Å². The van der Waals surface area contributed by atoms with Gasteiger partial charge in [-0.2, -0.15) is 0 Å². The Balaban J connectivity index is 2.24. The number of nitrogens with zero attached hydrogens (tertiary/aromatic N) is 2. The van der Waals surface area contributed by atoms with Crippen molar-refractivity contribution in [3.8, 4) is 0 Å². The summed E-state index contributed by atoms with van der Waals surface area (Å²) in [5, 5.41) is 0.